The Morgan fingerprint density at radius 3 is 2.67 bits per heavy atom. The highest BCUT2D eigenvalue weighted by molar-refractivity contribution is 6.31. The largest absolute Gasteiger partial charge is 0.180 e. The van der Waals surface area contributed by atoms with Crippen molar-refractivity contribution in [3.05, 3.63) is 35.9 Å². The summed E-state index contributed by atoms with van der Waals surface area (Å²) in [5.74, 6) is 0. The van der Waals surface area contributed by atoms with Crippen LogP contribution in [0.1, 0.15) is 13.8 Å². The Kier molecular flexibility index (Phi) is 4.31. The summed E-state index contributed by atoms with van der Waals surface area (Å²) < 4.78 is 0. The van der Waals surface area contributed by atoms with Gasteiger partial charge in [0, 0.05) is 5.02 Å². The molecule has 0 atom stereocenters. The van der Waals surface area contributed by atoms with E-state index in [0.717, 1.165) is 11.0 Å². The van der Waals surface area contributed by atoms with Gasteiger partial charge in [-0.2, -0.15) is 15.0 Å². The Labute approximate surface area is 94.4 Å². The van der Waals surface area contributed by atoms with Crippen LogP contribution >= 0.6 is 11.6 Å². The molecule has 0 bridgehead atoms. The van der Waals surface area contributed by atoms with E-state index in [1.165, 1.54) is 0 Å². The van der Waals surface area contributed by atoms with Gasteiger partial charge in [0.05, 0.1) is 6.54 Å². The minimum absolute atomic E-state index is 0.617. The van der Waals surface area contributed by atoms with Crippen molar-refractivity contribution in [2.45, 2.75) is 20.4 Å². The van der Waals surface area contributed by atoms with Gasteiger partial charge >= 0.3 is 0 Å². The first-order chi connectivity index (χ1) is 7.29. The molecule has 2 aromatic rings. The van der Waals surface area contributed by atoms with Crippen molar-refractivity contribution in [2.24, 2.45) is 0 Å². The molecule has 0 aliphatic rings. The van der Waals surface area contributed by atoms with Crippen LogP contribution in [-0.2, 0) is 6.54 Å². The van der Waals surface area contributed by atoms with E-state index < -0.39 is 0 Å². The maximum atomic E-state index is 5.81. The van der Waals surface area contributed by atoms with E-state index in [2.05, 4.69) is 16.8 Å². The molecule has 3 nitrogen and oxygen atoms in total. The molecular formula is C11H14ClN3. The minimum Gasteiger partial charge on any atom is -0.180 e. The number of nitrogens with zero attached hydrogens (tertiary/aromatic N) is 3. The second-order valence-corrected chi connectivity index (χ2v) is 3.11. The van der Waals surface area contributed by atoms with E-state index in [1.807, 2.05) is 19.9 Å². The summed E-state index contributed by atoms with van der Waals surface area (Å²) in [4.78, 5) is 1.59. The van der Waals surface area contributed by atoms with Crippen molar-refractivity contribution >= 4 is 22.6 Å². The molecule has 1 heterocycles. The molecule has 0 amide bonds. The minimum atomic E-state index is 0.617. The van der Waals surface area contributed by atoms with Crippen LogP contribution in [0.15, 0.2) is 30.9 Å². The third-order valence-electron chi connectivity index (χ3n) is 1.68. The quantitative estimate of drug-likeness (QED) is 0.732. The molecule has 0 aliphatic heterocycles. The number of allylic oxidation sites excluding steroid dienone is 1. The molecule has 0 radical (unpaired) electrons. The molecule has 4 heteroatoms. The number of hydrogen-bond acceptors (Lipinski definition) is 2. The van der Waals surface area contributed by atoms with Crippen LogP contribution in [0.2, 0.25) is 5.02 Å². The van der Waals surface area contributed by atoms with Crippen molar-refractivity contribution < 1.29 is 0 Å². The first-order valence-corrected chi connectivity index (χ1v) is 5.28. The smallest absolute Gasteiger partial charge is 0.114 e. The summed E-state index contributed by atoms with van der Waals surface area (Å²) in [6.45, 7) is 8.23. The summed E-state index contributed by atoms with van der Waals surface area (Å²) in [6.07, 6.45) is 1.75. The van der Waals surface area contributed by atoms with Gasteiger partial charge in [-0.15, -0.1) is 6.58 Å². The summed E-state index contributed by atoms with van der Waals surface area (Å²) in [5.41, 5.74) is 1.67. The van der Waals surface area contributed by atoms with Gasteiger partial charge < -0.3 is 0 Å². The highest BCUT2D eigenvalue weighted by Crippen LogP contribution is 2.15. The molecular weight excluding hydrogens is 210 g/mol. The van der Waals surface area contributed by atoms with E-state index in [0.29, 0.717) is 11.6 Å². The Hall–Kier alpha value is -1.35. The highest BCUT2D eigenvalue weighted by Gasteiger charge is 2.00. The normalized spacial score (nSPS) is 9.53. The summed E-state index contributed by atoms with van der Waals surface area (Å²) in [6, 6.07) is 5.45. The zero-order chi connectivity index (χ0) is 11.3. The van der Waals surface area contributed by atoms with Gasteiger partial charge in [0.2, 0.25) is 0 Å². The van der Waals surface area contributed by atoms with Gasteiger partial charge in [0.25, 0.3) is 0 Å². The molecule has 80 valence electrons. The Bertz CT molecular complexity index is 448. The number of aromatic nitrogens is 3. The second kappa shape index (κ2) is 5.51. The summed E-state index contributed by atoms with van der Waals surface area (Å²) in [5, 5.41) is 9.11. The number of halogens is 1. The Morgan fingerprint density at radius 1 is 1.33 bits per heavy atom. The van der Waals surface area contributed by atoms with Crippen molar-refractivity contribution in [2.75, 3.05) is 0 Å². The van der Waals surface area contributed by atoms with E-state index in [1.54, 1.807) is 23.0 Å². The average molecular weight is 224 g/mol. The van der Waals surface area contributed by atoms with Gasteiger partial charge in [-0.1, -0.05) is 31.5 Å². The number of benzene rings is 1. The lowest BCUT2D eigenvalue weighted by molar-refractivity contribution is 0.612. The molecule has 0 unspecified atom stereocenters. The summed E-state index contributed by atoms with van der Waals surface area (Å²) >= 11 is 5.81. The average Bonchev–Trinajstić information content (AvgIpc) is 2.63. The van der Waals surface area contributed by atoms with E-state index in [9.17, 15) is 0 Å². The molecule has 0 saturated carbocycles. The molecule has 0 N–H and O–H groups in total. The zero-order valence-electron chi connectivity index (χ0n) is 8.94. The first-order valence-electron chi connectivity index (χ1n) is 4.91. The van der Waals surface area contributed by atoms with Crippen molar-refractivity contribution in [3.63, 3.8) is 0 Å². The van der Waals surface area contributed by atoms with Crippen LogP contribution in [0.25, 0.3) is 11.0 Å². The molecule has 0 aliphatic carbocycles. The van der Waals surface area contributed by atoms with E-state index in [-0.39, 0.29) is 0 Å². The van der Waals surface area contributed by atoms with Crippen LogP contribution in [-0.4, -0.2) is 15.0 Å². The molecule has 0 saturated heterocycles. The molecule has 0 spiro atoms. The fourth-order valence-electron chi connectivity index (χ4n) is 1.13. The first kappa shape index (κ1) is 11.7. The van der Waals surface area contributed by atoms with Crippen molar-refractivity contribution in [1.82, 2.24) is 15.0 Å². The van der Waals surface area contributed by atoms with Crippen LogP contribution < -0.4 is 0 Å². The van der Waals surface area contributed by atoms with Crippen molar-refractivity contribution in [3.8, 4) is 0 Å². The predicted molar refractivity (Wildman–Crippen MR) is 64.1 cm³/mol. The van der Waals surface area contributed by atoms with Crippen molar-refractivity contribution in [1.29, 1.82) is 0 Å². The number of fused-ring (bicyclic) bond motifs is 1. The maximum absolute atomic E-state index is 5.81. The van der Waals surface area contributed by atoms with Gasteiger partial charge in [-0.05, 0) is 18.2 Å². The summed E-state index contributed by atoms with van der Waals surface area (Å²) in [7, 11) is 0. The molecule has 2 rings (SSSR count). The molecule has 0 fully saturated rings. The molecule has 1 aromatic heterocycles. The molecule has 1 aromatic carbocycles. The highest BCUT2D eigenvalue weighted by atomic mass is 35.5. The third-order valence-corrected chi connectivity index (χ3v) is 1.91. The number of hydrogen-bond donors (Lipinski definition) is 0. The lowest BCUT2D eigenvalue weighted by atomic mass is 10.3. The van der Waals surface area contributed by atoms with Gasteiger partial charge in [-0.25, -0.2) is 0 Å². The van der Waals surface area contributed by atoms with Gasteiger partial charge in [-0.3, -0.25) is 0 Å². The standard InChI is InChI=1S/C9H8ClN3.C2H6/c1-2-5-13-11-8-4-3-7(10)6-9(8)12-13;1-2/h2-4,6H,1,5H2;1-2H3. The van der Waals surface area contributed by atoms with E-state index in [4.69, 9.17) is 11.6 Å². The van der Waals surface area contributed by atoms with Crippen LogP contribution in [0, 0.1) is 0 Å². The maximum Gasteiger partial charge on any atom is 0.114 e. The fourth-order valence-corrected chi connectivity index (χ4v) is 1.30. The lowest BCUT2D eigenvalue weighted by Crippen LogP contribution is -1.98. The topological polar surface area (TPSA) is 30.7 Å². The van der Waals surface area contributed by atoms with Crippen LogP contribution in [0.3, 0.4) is 0 Å². The zero-order valence-corrected chi connectivity index (χ0v) is 9.70. The van der Waals surface area contributed by atoms with Gasteiger partial charge in [0.15, 0.2) is 0 Å². The molecule has 15 heavy (non-hydrogen) atoms. The SMILES string of the molecule is C=CCn1nc2ccc(Cl)cc2n1.CC. The van der Waals surface area contributed by atoms with Crippen LogP contribution in [0.5, 0.6) is 0 Å². The number of rotatable bonds is 2. The van der Waals surface area contributed by atoms with E-state index >= 15 is 0 Å². The van der Waals surface area contributed by atoms with Gasteiger partial charge in [0.1, 0.15) is 11.0 Å². The predicted octanol–water partition coefficient (Wildman–Crippen LogP) is 3.30. The second-order valence-electron chi connectivity index (χ2n) is 2.68. The monoisotopic (exact) mass is 223 g/mol. The third kappa shape index (κ3) is 2.80. The fraction of sp³-hybridized carbons (Fsp3) is 0.273. The van der Waals surface area contributed by atoms with Crippen LogP contribution in [0.4, 0.5) is 0 Å². The lowest BCUT2D eigenvalue weighted by Gasteiger charge is -1.87. The Morgan fingerprint density at radius 2 is 2.00 bits per heavy atom. The Balaban J connectivity index is 0.000000531.